The molecule has 3 rings (SSSR count). The Labute approximate surface area is 78.9 Å². The lowest BCUT2D eigenvalue weighted by Gasteiger charge is -2.25. The molecule has 2 aliphatic carbocycles. The maximum atomic E-state index is 5.93. The second-order valence-corrected chi connectivity index (χ2v) is 4.63. The second-order valence-electron chi connectivity index (χ2n) is 4.63. The molecule has 1 heterocycles. The van der Waals surface area contributed by atoms with Crippen LogP contribution in [0.2, 0.25) is 0 Å². The summed E-state index contributed by atoms with van der Waals surface area (Å²) in [6.07, 6.45) is 5.34. The lowest BCUT2D eigenvalue weighted by molar-refractivity contribution is -0.0348. The predicted molar refractivity (Wildman–Crippen MR) is 49.1 cm³/mol. The van der Waals surface area contributed by atoms with Crippen molar-refractivity contribution in [3.8, 4) is 0 Å². The fourth-order valence-electron chi connectivity index (χ4n) is 3.67. The van der Waals surface area contributed by atoms with Crippen molar-refractivity contribution in [3.05, 3.63) is 12.8 Å². The molecule has 0 aromatic rings. The van der Waals surface area contributed by atoms with Crippen molar-refractivity contribution < 1.29 is 9.47 Å². The minimum atomic E-state index is 0.309. The van der Waals surface area contributed by atoms with Crippen LogP contribution in [0.4, 0.5) is 0 Å². The van der Waals surface area contributed by atoms with Crippen LogP contribution in [0.3, 0.4) is 0 Å². The zero-order valence-electron chi connectivity index (χ0n) is 7.98. The second kappa shape index (κ2) is 2.50. The van der Waals surface area contributed by atoms with E-state index in [0.29, 0.717) is 18.3 Å². The normalized spacial score (nSPS) is 57.0. The van der Waals surface area contributed by atoms with E-state index in [0.717, 1.165) is 17.8 Å². The molecule has 72 valence electrons. The molecule has 1 saturated heterocycles. The molecule has 1 aliphatic heterocycles. The Kier molecular flexibility index (Phi) is 1.51. The van der Waals surface area contributed by atoms with Crippen LogP contribution < -0.4 is 0 Å². The van der Waals surface area contributed by atoms with Crippen LogP contribution in [0.15, 0.2) is 12.8 Å². The van der Waals surface area contributed by atoms with Crippen LogP contribution in [0.25, 0.3) is 0 Å². The highest BCUT2D eigenvalue weighted by molar-refractivity contribution is 5.08. The number of rotatable bonds is 2. The monoisotopic (exact) mass is 180 g/mol. The molecule has 3 aliphatic rings. The van der Waals surface area contributed by atoms with E-state index in [1.807, 2.05) is 0 Å². The molecule has 3 fully saturated rings. The Morgan fingerprint density at radius 2 is 2.15 bits per heavy atom. The largest absolute Gasteiger partial charge is 0.496 e. The minimum Gasteiger partial charge on any atom is -0.496 e. The number of hydrogen-bond acceptors (Lipinski definition) is 2. The van der Waals surface area contributed by atoms with Crippen molar-refractivity contribution in [2.75, 3.05) is 0 Å². The summed E-state index contributed by atoms with van der Waals surface area (Å²) in [5, 5.41) is 0. The van der Waals surface area contributed by atoms with Crippen molar-refractivity contribution in [3.63, 3.8) is 0 Å². The summed E-state index contributed by atoms with van der Waals surface area (Å²) in [5.41, 5.74) is 0. The fourth-order valence-corrected chi connectivity index (χ4v) is 3.67. The summed E-state index contributed by atoms with van der Waals surface area (Å²) >= 11 is 0. The van der Waals surface area contributed by atoms with E-state index in [2.05, 4.69) is 13.5 Å². The van der Waals surface area contributed by atoms with Gasteiger partial charge in [0.2, 0.25) is 0 Å². The van der Waals surface area contributed by atoms with Gasteiger partial charge in [0, 0.05) is 0 Å². The van der Waals surface area contributed by atoms with Gasteiger partial charge in [-0.25, -0.2) is 0 Å². The Bertz CT molecular complexity index is 238. The molecule has 0 spiro atoms. The average Bonchev–Trinajstić information content (AvgIpc) is 2.69. The first kappa shape index (κ1) is 7.86. The van der Waals surface area contributed by atoms with Gasteiger partial charge in [-0.15, -0.1) is 0 Å². The molecule has 0 radical (unpaired) electrons. The topological polar surface area (TPSA) is 18.5 Å². The van der Waals surface area contributed by atoms with Gasteiger partial charge >= 0.3 is 0 Å². The summed E-state index contributed by atoms with van der Waals surface area (Å²) in [6.45, 7) is 5.84. The molecule has 13 heavy (non-hydrogen) atoms. The van der Waals surface area contributed by atoms with E-state index in [1.54, 1.807) is 6.26 Å². The third-order valence-corrected chi connectivity index (χ3v) is 4.14. The maximum Gasteiger partial charge on any atom is 0.127 e. The Morgan fingerprint density at radius 1 is 1.38 bits per heavy atom. The summed E-state index contributed by atoms with van der Waals surface area (Å²) < 4.78 is 11.5. The average molecular weight is 180 g/mol. The van der Waals surface area contributed by atoms with Gasteiger partial charge in [0.15, 0.2) is 0 Å². The molecule has 6 atom stereocenters. The number of ether oxygens (including phenoxy) is 2. The summed E-state index contributed by atoms with van der Waals surface area (Å²) in [5.74, 6) is 2.34. The Hall–Kier alpha value is -0.500. The van der Waals surface area contributed by atoms with Crippen molar-refractivity contribution in [2.45, 2.75) is 38.1 Å². The minimum absolute atomic E-state index is 0.309. The zero-order valence-corrected chi connectivity index (χ0v) is 7.98. The molecule has 0 N–H and O–H groups in total. The van der Waals surface area contributed by atoms with E-state index in [4.69, 9.17) is 9.47 Å². The van der Waals surface area contributed by atoms with E-state index in [-0.39, 0.29) is 0 Å². The Balaban J connectivity index is 1.86. The van der Waals surface area contributed by atoms with E-state index < -0.39 is 0 Å². The quantitative estimate of drug-likeness (QED) is 0.605. The zero-order chi connectivity index (χ0) is 9.00. The molecule has 0 amide bonds. The van der Waals surface area contributed by atoms with E-state index >= 15 is 0 Å². The van der Waals surface area contributed by atoms with Gasteiger partial charge in [0.1, 0.15) is 6.10 Å². The molecule has 2 saturated carbocycles. The summed E-state index contributed by atoms with van der Waals surface area (Å²) in [7, 11) is 0. The third-order valence-electron chi connectivity index (χ3n) is 4.14. The van der Waals surface area contributed by atoms with Crippen LogP contribution in [0, 0.1) is 17.8 Å². The standard InChI is InChI=1S/C11H16O2/c1-3-12-10-7-4-8-6(2)13-11(10)9(8)5-7/h3,6-11H,1,4-5H2,2H3. The molecule has 6 unspecified atom stereocenters. The fraction of sp³-hybridized carbons (Fsp3) is 0.818. The van der Waals surface area contributed by atoms with E-state index in [9.17, 15) is 0 Å². The van der Waals surface area contributed by atoms with Gasteiger partial charge in [-0.3, -0.25) is 0 Å². The smallest absolute Gasteiger partial charge is 0.127 e. The molecule has 2 heteroatoms. The first-order chi connectivity index (χ1) is 6.31. The van der Waals surface area contributed by atoms with Crippen LogP contribution in [0.1, 0.15) is 19.8 Å². The highest BCUT2D eigenvalue weighted by atomic mass is 16.6. The van der Waals surface area contributed by atoms with E-state index in [1.165, 1.54) is 12.8 Å². The molecule has 0 aromatic carbocycles. The Morgan fingerprint density at radius 3 is 2.92 bits per heavy atom. The first-order valence-corrected chi connectivity index (χ1v) is 5.23. The highest BCUT2D eigenvalue weighted by Crippen LogP contribution is 2.57. The molecule has 2 nitrogen and oxygen atoms in total. The van der Waals surface area contributed by atoms with Gasteiger partial charge in [0.25, 0.3) is 0 Å². The lowest BCUT2D eigenvalue weighted by atomic mass is 9.85. The van der Waals surface area contributed by atoms with Gasteiger partial charge in [-0.1, -0.05) is 6.58 Å². The molecular formula is C11H16O2. The highest BCUT2D eigenvalue weighted by Gasteiger charge is 2.60. The SMILES string of the molecule is C=COC1C2CC3C(C)OC1C3C2. The number of fused-ring (bicyclic) bond motifs is 1. The molecular weight excluding hydrogens is 164 g/mol. The van der Waals surface area contributed by atoms with Crippen LogP contribution in [-0.4, -0.2) is 18.3 Å². The van der Waals surface area contributed by atoms with Gasteiger partial charge < -0.3 is 9.47 Å². The maximum absolute atomic E-state index is 5.93. The van der Waals surface area contributed by atoms with Crippen LogP contribution in [0.5, 0.6) is 0 Å². The van der Waals surface area contributed by atoms with Crippen LogP contribution >= 0.6 is 0 Å². The van der Waals surface area contributed by atoms with Crippen molar-refractivity contribution in [1.82, 2.24) is 0 Å². The van der Waals surface area contributed by atoms with Crippen molar-refractivity contribution >= 4 is 0 Å². The molecule has 0 aromatic heterocycles. The third kappa shape index (κ3) is 0.872. The van der Waals surface area contributed by atoms with Crippen molar-refractivity contribution in [1.29, 1.82) is 0 Å². The lowest BCUT2D eigenvalue weighted by Crippen LogP contribution is -2.32. The predicted octanol–water partition coefficient (Wildman–Crippen LogP) is 1.96. The van der Waals surface area contributed by atoms with Gasteiger partial charge in [-0.05, 0) is 37.5 Å². The summed E-state index contributed by atoms with van der Waals surface area (Å²) in [6, 6.07) is 0. The van der Waals surface area contributed by atoms with Gasteiger partial charge in [0.05, 0.1) is 18.5 Å². The van der Waals surface area contributed by atoms with Crippen molar-refractivity contribution in [2.24, 2.45) is 17.8 Å². The molecule has 2 bridgehead atoms. The van der Waals surface area contributed by atoms with Gasteiger partial charge in [-0.2, -0.15) is 0 Å². The van der Waals surface area contributed by atoms with Crippen LogP contribution in [-0.2, 0) is 9.47 Å². The first-order valence-electron chi connectivity index (χ1n) is 5.23. The number of hydrogen-bond donors (Lipinski definition) is 0. The summed E-state index contributed by atoms with van der Waals surface area (Å²) in [4.78, 5) is 0.